The molecule has 1 aromatic heterocycles. The van der Waals surface area contributed by atoms with Gasteiger partial charge in [0.15, 0.2) is 0 Å². The summed E-state index contributed by atoms with van der Waals surface area (Å²) in [5, 5.41) is 2.92. The summed E-state index contributed by atoms with van der Waals surface area (Å²) >= 11 is 3.23. The molecule has 0 radical (unpaired) electrons. The first-order valence-corrected chi connectivity index (χ1v) is 6.81. The van der Waals surface area contributed by atoms with Gasteiger partial charge < -0.3 is 10.1 Å². The quantitative estimate of drug-likeness (QED) is 0.871. The minimum absolute atomic E-state index is 0.223. The lowest BCUT2D eigenvalue weighted by Gasteiger charge is -2.10. The molecule has 112 valence electrons. The van der Waals surface area contributed by atoms with Gasteiger partial charge in [-0.2, -0.15) is 18.2 Å². The van der Waals surface area contributed by atoms with E-state index in [0.29, 0.717) is 17.0 Å². The topological polar surface area (TPSA) is 47.0 Å². The zero-order valence-corrected chi connectivity index (χ0v) is 12.5. The summed E-state index contributed by atoms with van der Waals surface area (Å²) in [6, 6.07) is 4.39. The first-order chi connectivity index (χ1) is 9.90. The number of halogens is 4. The van der Waals surface area contributed by atoms with Gasteiger partial charge in [0.05, 0.1) is 16.2 Å². The molecule has 0 bridgehead atoms. The predicted octanol–water partition coefficient (Wildman–Crippen LogP) is 4.48. The van der Waals surface area contributed by atoms with Crippen LogP contribution in [0.5, 0.6) is 11.6 Å². The number of hydrogen-bond donors (Lipinski definition) is 1. The molecule has 0 spiro atoms. The number of anilines is 1. The SMILES string of the molecule is CCNc1ncc(Br)c(Oc2ccc(C(F)(F)F)cc2)n1. The lowest BCUT2D eigenvalue weighted by molar-refractivity contribution is -0.137. The number of hydrogen-bond acceptors (Lipinski definition) is 4. The van der Waals surface area contributed by atoms with Crippen molar-refractivity contribution in [3.8, 4) is 11.6 Å². The number of rotatable bonds is 4. The van der Waals surface area contributed by atoms with E-state index in [0.717, 1.165) is 12.1 Å². The van der Waals surface area contributed by atoms with Crippen LogP contribution in [0.2, 0.25) is 0 Å². The number of aromatic nitrogens is 2. The van der Waals surface area contributed by atoms with Crippen LogP contribution in [-0.2, 0) is 6.18 Å². The van der Waals surface area contributed by atoms with Crippen molar-refractivity contribution in [1.29, 1.82) is 0 Å². The minimum atomic E-state index is -4.37. The molecule has 0 aliphatic carbocycles. The van der Waals surface area contributed by atoms with Gasteiger partial charge in [-0.1, -0.05) is 0 Å². The van der Waals surface area contributed by atoms with Crippen molar-refractivity contribution in [1.82, 2.24) is 9.97 Å². The highest BCUT2D eigenvalue weighted by molar-refractivity contribution is 9.10. The van der Waals surface area contributed by atoms with E-state index in [9.17, 15) is 13.2 Å². The van der Waals surface area contributed by atoms with E-state index in [1.54, 1.807) is 0 Å². The zero-order chi connectivity index (χ0) is 15.5. The van der Waals surface area contributed by atoms with E-state index in [4.69, 9.17) is 4.74 Å². The van der Waals surface area contributed by atoms with Crippen molar-refractivity contribution in [3.63, 3.8) is 0 Å². The molecule has 21 heavy (non-hydrogen) atoms. The van der Waals surface area contributed by atoms with Crippen LogP contribution in [0.25, 0.3) is 0 Å². The zero-order valence-electron chi connectivity index (χ0n) is 10.9. The minimum Gasteiger partial charge on any atom is -0.438 e. The summed E-state index contributed by atoms with van der Waals surface area (Å²) in [6.45, 7) is 2.53. The van der Waals surface area contributed by atoms with Crippen molar-refractivity contribution in [2.75, 3.05) is 11.9 Å². The van der Waals surface area contributed by atoms with Crippen LogP contribution in [0.1, 0.15) is 12.5 Å². The maximum atomic E-state index is 12.5. The number of ether oxygens (including phenoxy) is 1. The Bertz CT molecular complexity index is 617. The Morgan fingerprint density at radius 3 is 2.48 bits per heavy atom. The first kappa shape index (κ1) is 15.6. The molecule has 0 unspecified atom stereocenters. The third kappa shape index (κ3) is 4.07. The summed E-state index contributed by atoms with van der Waals surface area (Å²) in [5.74, 6) is 0.855. The van der Waals surface area contributed by atoms with Crippen molar-refractivity contribution in [3.05, 3.63) is 40.5 Å². The fraction of sp³-hybridized carbons (Fsp3) is 0.231. The normalized spacial score (nSPS) is 11.3. The Hall–Kier alpha value is -1.83. The standard InChI is InChI=1S/C13H11BrF3N3O/c1-2-18-12-19-7-10(14)11(20-12)21-9-5-3-8(4-6-9)13(15,16)17/h3-7H,2H2,1H3,(H,18,19,20). The molecule has 1 aromatic carbocycles. The van der Waals surface area contributed by atoms with Gasteiger partial charge in [-0.15, -0.1) is 0 Å². The molecule has 1 N–H and O–H groups in total. The monoisotopic (exact) mass is 361 g/mol. The van der Waals surface area contributed by atoms with E-state index in [1.807, 2.05) is 6.92 Å². The highest BCUT2D eigenvalue weighted by atomic mass is 79.9. The molecular formula is C13H11BrF3N3O. The Balaban J connectivity index is 2.20. The van der Waals surface area contributed by atoms with E-state index < -0.39 is 11.7 Å². The van der Waals surface area contributed by atoms with E-state index in [-0.39, 0.29) is 11.6 Å². The third-order valence-corrected chi connectivity index (χ3v) is 2.99. The van der Waals surface area contributed by atoms with Crippen molar-refractivity contribution in [2.24, 2.45) is 0 Å². The molecule has 0 aliphatic heterocycles. The van der Waals surface area contributed by atoms with Gasteiger partial charge in [0.25, 0.3) is 0 Å². The molecule has 8 heteroatoms. The average Bonchev–Trinajstić information content (AvgIpc) is 2.42. The van der Waals surface area contributed by atoms with E-state index in [2.05, 4.69) is 31.2 Å². The lowest BCUT2D eigenvalue weighted by atomic mass is 10.2. The molecule has 0 atom stereocenters. The van der Waals surface area contributed by atoms with Gasteiger partial charge in [0, 0.05) is 6.54 Å². The second-order valence-corrected chi connectivity index (χ2v) is 4.86. The Labute approximate surface area is 127 Å². The number of nitrogens with one attached hydrogen (secondary N) is 1. The second kappa shape index (κ2) is 6.30. The average molecular weight is 362 g/mol. The van der Waals surface area contributed by atoms with Gasteiger partial charge >= 0.3 is 6.18 Å². The van der Waals surface area contributed by atoms with Crippen LogP contribution in [0.15, 0.2) is 34.9 Å². The maximum absolute atomic E-state index is 12.5. The molecule has 2 rings (SSSR count). The van der Waals surface area contributed by atoms with Crippen molar-refractivity contribution in [2.45, 2.75) is 13.1 Å². The fourth-order valence-electron chi connectivity index (χ4n) is 1.49. The van der Waals surface area contributed by atoms with Crippen LogP contribution in [0.3, 0.4) is 0 Å². The molecule has 0 saturated heterocycles. The Kier molecular flexibility index (Phi) is 4.66. The molecule has 4 nitrogen and oxygen atoms in total. The van der Waals surface area contributed by atoms with Crippen LogP contribution in [0, 0.1) is 0 Å². The van der Waals surface area contributed by atoms with Gasteiger partial charge in [0.2, 0.25) is 11.8 Å². The number of nitrogens with zero attached hydrogens (tertiary/aromatic N) is 2. The third-order valence-electron chi connectivity index (χ3n) is 2.44. The summed E-state index contributed by atoms with van der Waals surface area (Å²) in [7, 11) is 0. The van der Waals surface area contributed by atoms with Gasteiger partial charge in [-0.3, -0.25) is 0 Å². The predicted molar refractivity (Wildman–Crippen MR) is 75.4 cm³/mol. The molecule has 1 heterocycles. The highest BCUT2D eigenvalue weighted by Crippen LogP contribution is 2.32. The smallest absolute Gasteiger partial charge is 0.416 e. The van der Waals surface area contributed by atoms with E-state index >= 15 is 0 Å². The second-order valence-electron chi connectivity index (χ2n) is 4.00. The van der Waals surface area contributed by atoms with Crippen molar-refractivity contribution < 1.29 is 17.9 Å². The molecule has 2 aromatic rings. The summed E-state index contributed by atoms with van der Waals surface area (Å²) < 4.78 is 43.4. The van der Waals surface area contributed by atoms with Crippen LogP contribution in [-0.4, -0.2) is 16.5 Å². The van der Waals surface area contributed by atoms with Crippen LogP contribution < -0.4 is 10.1 Å². The van der Waals surface area contributed by atoms with Crippen LogP contribution >= 0.6 is 15.9 Å². The molecule has 0 amide bonds. The lowest BCUT2D eigenvalue weighted by Crippen LogP contribution is -2.04. The van der Waals surface area contributed by atoms with Gasteiger partial charge in [0.1, 0.15) is 5.75 Å². The van der Waals surface area contributed by atoms with Gasteiger partial charge in [-0.05, 0) is 47.1 Å². The summed E-state index contributed by atoms with van der Waals surface area (Å²) in [6.07, 6.45) is -2.86. The van der Waals surface area contributed by atoms with Crippen molar-refractivity contribution >= 4 is 21.9 Å². The number of alkyl halides is 3. The molecule has 0 fully saturated rings. The molecule has 0 aliphatic rings. The summed E-state index contributed by atoms with van der Waals surface area (Å²) in [4.78, 5) is 8.13. The Morgan fingerprint density at radius 1 is 1.24 bits per heavy atom. The molecular weight excluding hydrogens is 351 g/mol. The first-order valence-electron chi connectivity index (χ1n) is 6.01. The van der Waals surface area contributed by atoms with Crippen LogP contribution in [0.4, 0.5) is 19.1 Å². The molecule has 0 saturated carbocycles. The highest BCUT2D eigenvalue weighted by Gasteiger charge is 2.30. The fourth-order valence-corrected chi connectivity index (χ4v) is 1.76. The maximum Gasteiger partial charge on any atom is 0.416 e. The summed E-state index contributed by atoms with van der Waals surface area (Å²) in [5.41, 5.74) is -0.732. The Morgan fingerprint density at radius 2 is 1.90 bits per heavy atom. The largest absolute Gasteiger partial charge is 0.438 e. The van der Waals surface area contributed by atoms with E-state index in [1.165, 1.54) is 18.3 Å². The van der Waals surface area contributed by atoms with Gasteiger partial charge in [-0.25, -0.2) is 4.98 Å². The number of benzene rings is 1.